The minimum absolute atomic E-state index is 0.287. The Morgan fingerprint density at radius 3 is 2.58 bits per heavy atom. The lowest BCUT2D eigenvalue weighted by Crippen LogP contribution is -1.91. The quantitative estimate of drug-likeness (QED) is 0.312. The van der Waals surface area contributed by atoms with Crippen molar-refractivity contribution in [3.63, 3.8) is 0 Å². The second-order valence-electron chi connectivity index (χ2n) is 2.08. The summed E-state index contributed by atoms with van der Waals surface area (Å²) in [5.74, 6) is 2.73. The molecule has 0 saturated carbocycles. The van der Waals surface area contributed by atoms with Gasteiger partial charge in [0.05, 0.1) is 11.2 Å². The first-order valence-corrected chi connectivity index (χ1v) is 3.40. The summed E-state index contributed by atoms with van der Waals surface area (Å²) in [6, 6.07) is 2.19. The van der Waals surface area contributed by atoms with Crippen molar-refractivity contribution < 1.29 is 8.78 Å². The Balaban J connectivity index is 3.21. The molecule has 0 aromatic heterocycles. The SMILES string of the molecule is NN=Cc1cc(F)c(F)c(Cl)c1. The predicted octanol–water partition coefficient (Wildman–Crippen LogP) is 1.91. The van der Waals surface area contributed by atoms with Crippen LogP contribution in [-0.4, -0.2) is 6.21 Å². The van der Waals surface area contributed by atoms with Crippen LogP contribution in [0.15, 0.2) is 17.2 Å². The van der Waals surface area contributed by atoms with Crippen LogP contribution in [0, 0.1) is 11.6 Å². The highest BCUT2D eigenvalue weighted by Gasteiger charge is 2.07. The van der Waals surface area contributed by atoms with Crippen LogP contribution >= 0.6 is 11.6 Å². The molecule has 0 amide bonds. The predicted molar refractivity (Wildman–Crippen MR) is 43.1 cm³/mol. The number of benzene rings is 1. The molecule has 12 heavy (non-hydrogen) atoms. The lowest BCUT2D eigenvalue weighted by atomic mass is 10.2. The first-order valence-electron chi connectivity index (χ1n) is 3.03. The van der Waals surface area contributed by atoms with Gasteiger partial charge in [0.1, 0.15) is 0 Å². The Kier molecular flexibility index (Phi) is 2.60. The van der Waals surface area contributed by atoms with Gasteiger partial charge in [0.2, 0.25) is 0 Å². The molecule has 0 atom stereocenters. The smallest absolute Gasteiger partial charge is 0.177 e. The molecule has 0 heterocycles. The van der Waals surface area contributed by atoms with Crippen molar-refractivity contribution >= 4 is 17.8 Å². The number of hydrogen-bond acceptors (Lipinski definition) is 2. The van der Waals surface area contributed by atoms with Gasteiger partial charge in [-0.2, -0.15) is 5.10 Å². The highest BCUT2D eigenvalue weighted by atomic mass is 35.5. The van der Waals surface area contributed by atoms with Gasteiger partial charge in [-0.05, 0) is 17.7 Å². The third-order valence-corrected chi connectivity index (χ3v) is 1.50. The van der Waals surface area contributed by atoms with E-state index >= 15 is 0 Å². The van der Waals surface area contributed by atoms with Crippen molar-refractivity contribution in [3.8, 4) is 0 Å². The van der Waals surface area contributed by atoms with Gasteiger partial charge in [-0.1, -0.05) is 11.6 Å². The highest BCUT2D eigenvalue weighted by molar-refractivity contribution is 6.31. The van der Waals surface area contributed by atoms with E-state index in [1.807, 2.05) is 0 Å². The molecule has 2 nitrogen and oxygen atoms in total. The second-order valence-corrected chi connectivity index (χ2v) is 2.48. The molecule has 1 aromatic carbocycles. The molecular weight excluding hydrogens is 186 g/mol. The molecule has 64 valence electrons. The molecule has 0 aliphatic heterocycles. The minimum atomic E-state index is -1.06. The van der Waals surface area contributed by atoms with Crippen molar-refractivity contribution in [1.82, 2.24) is 0 Å². The molecule has 2 N–H and O–H groups in total. The fourth-order valence-electron chi connectivity index (χ4n) is 0.736. The van der Waals surface area contributed by atoms with Crippen molar-refractivity contribution in [2.45, 2.75) is 0 Å². The van der Waals surface area contributed by atoms with Gasteiger partial charge in [-0.25, -0.2) is 8.78 Å². The van der Waals surface area contributed by atoms with E-state index in [1.54, 1.807) is 0 Å². The number of halogens is 3. The van der Waals surface area contributed by atoms with E-state index < -0.39 is 11.6 Å². The van der Waals surface area contributed by atoms with E-state index in [4.69, 9.17) is 17.4 Å². The van der Waals surface area contributed by atoms with E-state index in [9.17, 15) is 8.78 Å². The maximum absolute atomic E-state index is 12.6. The Bertz CT molecular complexity index is 302. The molecule has 1 aromatic rings. The van der Waals surface area contributed by atoms with Crippen molar-refractivity contribution in [2.75, 3.05) is 0 Å². The van der Waals surface area contributed by atoms with E-state index in [0.29, 0.717) is 5.56 Å². The molecule has 0 unspecified atom stereocenters. The summed E-state index contributed by atoms with van der Waals surface area (Å²) in [7, 11) is 0. The standard InChI is InChI=1S/C7H5ClF2N2/c8-5-1-4(3-12-11)2-6(9)7(5)10/h1-3H,11H2. The zero-order chi connectivity index (χ0) is 9.14. The zero-order valence-corrected chi connectivity index (χ0v) is 6.65. The molecule has 0 spiro atoms. The fraction of sp³-hybridized carbons (Fsp3) is 0. The van der Waals surface area contributed by atoms with Crippen molar-refractivity contribution in [1.29, 1.82) is 0 Å². The summed E-state index contributed by atoms with van der Waals surface area (Å²) in [6.45, 7) is 0. The van der Waals surface area contributed by atoms with Gasteiger partial charge in [0.15, 0.2) is 11.6 Å². The number of hydrogen-bond donors (Lipinski definition) is 1. The van der Waals surface area contributed by atoms with Gasteiger partial charge < -0.3 is 5.84 Å². The third kappa shape index (κ3) is 1.71. The highest BCUT2D eigenvalue weighted by Crippen LogP contribution is 2.18. The maximum Gasteiger partial charge on any atom is 0.177 e. The Hall–Kier alpha value is -1.16. The molecule has 0 saturated heterocycles. The van der Waals surface area contributed by atoms with Crippen LogP contribution in [-0.2, 0) is 0 Å². The van der Waals surface area contributed by atoms with E-state index in [-0.39, 0.29) is 5.02 Å². The molecule has 0 fully saturated rings. The monoisotopic (exact) mass is 190 g/mol. The number of nitrogens with two attached hydrogens (primary N) is 1. The lowest BCUT2D eigenvalue weighted by Gasteiger charge is -1.97. The fourth-order valence-corrected chi connectivity index (χ4v) is 0.952. The molecule has 0 aliphatic rings. The van der Waals surface area contributed by atoms with Gasteiger partial charge in [0, 0.05) is 0 Å². The number of nitrogens with zero attached hydrogens (tertiary/aromatic N) is 1. The first-order chi connectivity index (χ1) is 5.65. The van der Waals surface area contributed by atoms with Crippen LogP contribution in [0.5, 0.6) is 0 Å². The van der Waals surface area contributed by atoms with E-state index in [0.717, 1.165) is 6.07 Å². The van der Waals surface area contributed by atoms with E-state index in [2.05, 4.69) is 5.10 Å². The zero-order valence-electron chi connectivity index (χ0n) is 5.89. The van der Waals surface area contributed by atoms with Gasteiger partial charge in [-0.15, -0.1) is 0 Å². The number of rotatable bonds is 1. The number of hydrazone groups is 1. The average Bonchev–Trinajstić information content (AvgIpc) is 2.01. The van der Waals surface area contributed by atoms with Gasteiger partial charge in [-0.3, -0.25) is 0 Å². The first kappa shape index (κ1) is 8.93. The van der Waals surface area contributed by atoms with Gasteiger partial charge >= 0.3 is 0 Å². The normalized spacial score (nSPS) is 10.9. The molecule has 1 rings (SSSR count). The van der Waals surface area contributed by atoms with Crippen LogP contribution in [0.1, 0.15) is 5.56 Å². The summed E-state index contributed by atoms with van der Waals surface area (Å²) in [4.78, 5) is 0. The molecule has 0 aliphatic carbocycles. The Morgan fingerprint density at radius 1 is 1.42 bits per heavy atom. The summed E-state index contributed by atoms with van der Waals surface area (Å²) < 4.78 is 25.2. The summed E-state index contributed by atoms with van der Waals surface area (Å²) in [6.07, 6.45) is 1.18. The second kappa shape index (κ2) is 3.49. The molecule has 5 heteroatoms. The summed E-state index contributed by atoms with van der Waals surface area (Å²) >= 11 is 5.34. The minimum Gasteiger partial charge on any atom is -0.323 e. The van der Waals surface area contributed by atoms with Crippen molar-refractivity contribution in [3.05, 3.63) is 34.4 Å². The molecule has 0 bridgehead atoms. The Labute approximate surface area is 72.6 Å². The summed E-state index contributed by atoms with van der Waals surface area (Å²) in [5, 5.41) is 2.86. The van der Waals surface area contributed by atoms with Crippen LogP contribution in [0.25, 0.3) is 0 Å². The van der Waals surface area contributed by atoms with Crippen LogP contribution in [0.3, 0.4) is 0 Å². The summed E-state index contributed by atoms with van der Waals surface area (Å²) in [5.41, 5.74) is 0.321. The van der Waals surface area contributed by atoms with E-state index in [1.165, 1.54) is 12.3 Å². The maximum atomic E-state index is 12.6. The van der Waals surface area contributed by atoms with Crippen LogP contribution < -0.4 is 5.84 Å². The third-order valence-electron chi connectivity index (χ3n) is 1.23. The van der Waals surface area contributed by atoms with Gasteiger partial charge in [0.25, 0.3) is 0 Å². The van der Waals surface area contributed by atoms with Crippen LogP contribution in [0.2, 0.25) is 5.02 Å². The van der Waals surface area contributed by atoms with Crippen LogP contribution in [0.4, 0.5) is 8.78 Å². The molecular formula is C7H5ClF2N2. The van der Waals surface area contributed by atoms with Crippen molar-refractivity contribution in [2.24, 2.45) is 10.9 Å². The molecule has 0 radical (unpaired) electrons. The lowest BCUT2D eigenvalue weighted by molar-refractivity contribution is 0.509. The average molecular weight is 191 g/mol. The topological polar surface area (TPSA) is 38.4 Å². The largest absolute Gasteiger partial charge is 0.323 e. The Morgan fingerprint density at radius 2 is 2.08 bits per heavy atom.